The highest BCUT2D eigenvalue weighted by molar-refractivity contribution is 7.91. The van der Waals surface area contributed by atoms with E-state index in [1.54, 1.807) is 7.05 Å². The van der Waals surface area contributed by atoms with Crippen LogP contribution in [0.3, 0.4) is 0 Å². The van der Waals surface area contributed by atoms with Gasteiger partial charge < -0.3 is 15.1 Å². The van der Waals surface area contributed by atoms with E-state index in [2.05, 4.69) is 15.2 Å². The molecule has 1 aromatic carbocycles. The van der Waals surface area contributed by atoms with Crippen LogP contribution in [0.1, 0.15) is 6.42 Å². The summed E-state index contributed by atoms with van der Waals surface area (Å²) in [6.07, 6.45) is 0.680. The molecule has 0 bridgehead atoms. The molecule has 2 aliphatic rings. The minimum absolute atomic E-state index is 0.111. The summed E-state index contributed by atoms with van der Waals surface area (Å²) in [6.45, 7) is 2.93. The largest absolute Gasteiger partial charge is 0.366 e. The minimum atomic E-state index is -2.89. The number of benzene rings is 1. The van der Waals surface area contributed by atoms with Crippen molar-refractivity contribution >= 4 is 21.5 Å². The van der Waals surface area contributed by atoms with Crippen molar-refractivity contribution in [1.29, 1.82) is 0 Å². The quantitative estimate of drug-likeness (QED) is 0.623. The zero-order valence-corrected chi connectivity index (χ0v) is 15.6. The second-order valence-electron chi connectivity index (χ2n) is 6.77. The highest BCUT2D eigenvalue weighted by Gasteiger charge is 2.28. The highest BCUT2D eigenvalue weighted by atomic mass is 32.2. The molecule has 0 amide bonds. The van der Waals surface area contributed by atoms with Crippen molar-refractivity contribution < 1.29 is 17.2 Å². The van der Waals surface area contributed by atoms with Gasteiger partial charge in [0.05, 0.1) is 17.2 Å². The van der Waals surface area contributed by atoms with E-state index in [0.29, 0.717) is 45.1 Å². The lowest BCUT2D eigenvalue weighted by atomic mass is 10.1. The summed E-state index contributed by atoms with van der Waals surface area (Å²) < 4.78 is 50.4. The second-order valence-corrected chi connectivity index (χ2v) is 9.00. The van der Waals surface area contributed by atoms with Gasteiger partial charge in [-0.05, 0) is 24.5 Å². The van der Waals surface area contributed by atoms with Crippen molar-refractivity contribution in [1.82, 2.24) is 10.2 Å². The van der Waals surface area contributed by atoms with Gasteiger partial charge in [0.1, 0.15) is 11.6 Å². The molecule has 6 nitrogen and oxygen atoms in total. The topological polar surface area (TPSA) is 65.0 Å². The van der Waals surface area contributed by atoms with Crippen molar-refractivity contribution in [2.45, 2.75) is 6.42 Å². The van der Waals surface area contributed by atoms with Crippen LogP contribution in [0.15, 0.2) is 23.2 Å². The molecule has 0 saturated carbocycles. The van der Waals surface area contributed by atoms with Gasteiger partial charge in [-0.3, -0.25) is 4.99 Å². The van der Waals surface area contributed by atoms with Crippen molar-refractivity contribution in [3.63, 3.8) is 0 Å². The van der Waals surface area contributed by atoms with Gasteiger partial charge in [-0.15, -0.1) is 0 Å². The van der Waals surface area contributed by atoms with E-state index in [1.165, 1.54) is 6.07 Å². The van der Waals surface area contributed by atoms with E-state index < -0.39 is 21.5 Å². The lowest BCUT2D eigenvalue weighted by Gasteiger charge is -2.38. The minimum Gasteiger partial charge on any atom is -0.366 e. The Labute approximate surface area is 152 Å². The SMILES string of the molecule is CN=C(NCC1CCS(=O)(=O)C1)N1CCN(c2cc(F)ccc2F)CC1. The van der Waals surface area contributed by atoms with E-state index >= 15 is 0 Å². The summed E-state index contributed by atoms with van der Waals surface area (Å²) in [5.74, 6) is 0.435. The molecule has 2 heterocycles. The first-order valence-electron chi connectivity index (χ1n) is 8.74. The van der Waals surface area contributed by atoms with Crippen LogP contribution in [-0.4, -0.2) is 70.6 Å². The number of nitrogens with one attached hydrogen (secondary N) is 1. The Hall–Kier alpha value is -1.90. The van der Waals surface area contributed by atoms with Gasteiger partial charge in [-0.1, -0.05) is 0 Å². The first-order chi connectivity index (χ1) is 12.4. The Morgan fingerprint density at radius 1 is 1.27 bits per heavy atom. The van der Waals surface area contributed by atoms with Crippen LogP contribution in [0.4, 0.5) is 14.5 Å². The Morgan fingerprint density at radius 3 is 2.62 bits per heavy atom. The van der Waals surface area contributed by atoms with Gasteiger partial charge >= 0.3 is 0 Å². The van der Waals surface area contributed by atoms with Crippen LogP contribution >= 0.6 is 0 Å². The van der Waals surface area contributed by atoms with E-state index in [-0.39, 0.29) is 23.1 Å². The monoisotopic (exact) mass is 386 g/mol. The maximum atomic E-state index is 13.9. The standard InChI is InChI=1S/C17H24F2N4O2S/c1-20-17(21-11-13-4-9-26(24,25)12-13)23-7-5-22(6-8-23)16-10-14(18)2-3-15(16)19/h2-3,10,13H,4-9,11-12H2,1H3,(H,20,21). The van der Waals surface area contributed by atoms with Gasteiger partial charge in [-0.25, -0.2) is 17.2 Å². The Bertz CT molecular complexity index is 777. The number of anilines is 1. The number of piperazine rings is 1. The average molecular weight is 386 g/mol. The predicted octanol–water partition coefficient (Wildman–Crippen LogP) is 1.10. The highest BCUT2D eigenvalue weighted by Crippen LogP contribution is 2.22. The van der Waals surface area contributed by atoms with Gasteiger partial charge in [0.25, 0.3) is 0 Å². The molecule has 0 spiro atoms. The molecule has 0 radical (unpaired) electrons. The maximum absolute atomic E-state index is 13.9. The van der Waals surface area contributed by atoms with Crippen LogP contribution < -0.4 is 10.2 Å². The molecule has 1 atom stereocenters. The van der Waals surface area contributed by atoms with Crippen molar-refractivity contribution in [3.8, 4) is 0 Å². The smallest absolute Gasteiger partial charge is 0.193 e. The summed E-state index contributed by atoms with van der Waals surface area (Å²) in [7, 11) is -1.20. The Morgan fingerprint density at radius 2 is 2.00 bits per heavy atom. The van der Waals surface area contributed by atoms with E-state index in [4.69, 9.17) is 0 Å². The number of sulfone groups is 1. The van der Waals surface area contributed by atoms with E-state index in [1.807, 2.05) is 4.90 Å². The van der Waals surface area contributed by atoms with Crippen LogP contribution in [0, 0.1) is 17.6 Å². The summed E-state index contributed by atoms with van der Waals surface area (Å²) in [6, 6.07) is 3.48. The molecular weight excluding hydrogens is 362 g/mol. The van der Waals surface area contributed by atoms with Gasteiger partial charge in [0.15, 0.2) is 15.8 Å². The molecule has 2 saturated heterocycles. The van der Waals surface area contributed by atoms with Crippen LogP contribution in [0.25, 0.3) is 0 Å². The first kappa shape index (κ1) is 18.9. The molecule has 3 rings (SSSR count). The maximum Gasteiger partial charge on any atom is 0.193 e. The molecule has 9 heteroatoms. The number of hydrogen-bond donors (Lipinski definition) is 1. The van der Waals surface area contributed by atoms with Crippen molar-refractivity contribution in [3.05, 3.63) is 29.8 Å². The average Bonchev–Trinajstić information content (AvgIpc) is 2.97. The molecule has 0 aromatic heterocycles. The third-order valence-corrected chi connectivity index (χ3v) is 6.75. The fraction of sp³-hybridized carbons (Fsp3) is 0.588. The normalized spacial score (nSPS) is 23.3. The predicted molar refractivity (Wildman–Crippen MR) is 98.3 cm³/mol. The third-order valence-electron chi connectivity index (χ3n) is 4.92. The van der Waals surface area contributed by atoms with E-state index in [0.717, 1.165) is 12.1 Å². The molecule has 0 aliphatic carbocycles. The van der Waals surface area contributed by atoms with Crippen LogP contribution in [0.2, 0.25) is 0 Å². The zero-order chi connectivity index (χ0) is 18.7. The van der Waals surface area contributed by atoms with Gasteiger partial charge in [0.2, 0.25) is 0 Å². The number of hydrogen-bond acceptors (Lipinski definition) is 4. The van der Waals surface area contributed by atoms with Gasteiger partial charge in [0, 0.05) is 45.8 Å². The Kier molecular flexibility index (Phi) is 5.64. The van der Waals surface area contributed by atoms with E-state index in [9.17, 15) is 17.2 Å². The van der Waals surface area contributed by atoms with Crippen LogP contribution in [-0.2, 0) is 9.84 Å². The summed E-state index contributed by atoms with van der Waals surface area (Å²) in [5, 5.41) is 3.25. The molecule has 2 aliphatic heterocycles. The number of guanidine groups is 1. The number of aliphatic imine (C=N–C) groups is 1. The number of halogens is 2. The molecule has 26 heavy (non-hydrogen) atoms. The van der Waals surface area contributed by atoms with Gasteiger partial charge in [-0.2, -0.15) is 0 Å². The molecule has 1 N–H and O–H groups in total. The molecule has 1 aromatic rings. The fourth-order valence-electron chi connectivity index (χ4n) is 3.49. The van der Waals surface area contributed by atoms with Crippen molar-refractivity contribution in [2.24, 2.45) is 10.9 Å². The third kappa shape index (κ3) is 4.44. The Balaban J connectivity index is 1.54. The van der Waals surface area contributed by atoms with Crippen molar-refractivity contribution in [2.75, 3.05) is 56.2 Å². The summed E-state index contributed by atoms with van der Waals surface area (Å²) >= 11 is 0. The lowest BCUT2D eigenvalue weighted by Crippen LogP contribution is -2.53. The number of nitrogens with zero attached hydrogens (tertiary/aromatic N) is 3. The molecule has 1 unspecified atom stereocenters. The fourth-order valence-corrected chi connectivity index (χ4v) is 5.35. The second kappa shape index (κ2) is 7.77. The lowest BCUT2D eigenvalue weighted by molar-refractivity contribution is 0.367. The molecule has 144 valence electrons. The first-order valence-corrected chi connectivity index (χ1v) is 10.6. The van der Waals surface area contributed by atoms with Crippen LogP contribution in [0.5, 0.6) is 0 Å². The molecular formula is C17H24F2N4O2S. The number of rotatable bonds is 3. The molecule has 2 fully saturated rings. The zero-order valence-electron chi connectivity index (χ0n) is 14.8. The summed E-state index contributed by atoms with van der Waals surface area (Å²) in [4.78, 5) is 8.15. The summed E-state index contributed by atoms with van der Waals surface area (Å²) in [5.41, 5.74) is 0.281.